The van der Waals surface area contributed by atoms with Crippen LogP contribution in [0.3, 0.4) is 0 Å². The number of anilines is 1. The van der Waals surface area contributed by atoms with Crippen molar-refractivity contribution >= 4 is 17.0 Å². The van der Waals surface area contributed by atoms with Gasteiger partial charge in [0.1, 0.15) is 11.9 Å². The zero-order chi connectivity index (χ0) is 15.6. The monoisotopic (exact) mass is 311 g/mol. The van der Waals surface area contributed by atoms with Gasteiger partial charge in [-0.15, -0.1) is 0 Å². The van der Waals surface area contributed by atoms with Crippen molar-refractivity contribution in [1.82, 2.24) is 19.5 Å². The highest BCUT2D eigenvalue weighted by Crippen LogP contribution is 2.32. The molecule has 0 saturated carbocycles. The largest absolute Gasteiger partial charge is 0.370 e. The molecule has 2 N–H and O–H groups in total. The maximum atomic E-state index is 6.01. The van der Waals surface area contributed by atoms with E-state index in [9.17, 15) is 0 Å². The molecule has 1 aliphatic rings. The molecule has 0 bridgehead atoms. The van der Waals surface area contributed by atoms with Crippen molar-refractivity contribution in [2.45, 2.75) is 18.9 Å². The van der Waals surface area contributed by atoms with Crippen LogP contribution in [0.25, 0.3) is 11.0 Å². The molecule has 4 rings (SSSR count). The fraction of sp³-hybridized carbons (Fsp3) is 0.412. The van der Waals surface area contributed by atoms with Gasteiger partial charge in [-0.1, -0.05) is 12.1 Å². The number of benzene rings is 1. The van der Waals surface area contributed by atoms with Crippen LogP contribution >= 0.6 is 0 Å². The number of hydrogen-bond donors (Lipinski definition) is 2. The second-order valence-corrected chi connectivity index (χ2v) is 6.07. The Morgan fingerprint density at radius 2 is 2.30 bits per heavy atom. The predicted molar refractivity (Wildman–Crippen MR) is 89.2 cm³/mol. The van der Waals surface area contributed by atoms with Gasteiger partial charge < -0.3 is 19.6 Å². The standard InChI is InChI=1S/C17H21N5O/c1-22-9-8-18-16(22)15-12(5-4-10-23-15)11-19-17-20-13-6-2-3-7-14(13)21-17/h2-3,6-9,12,15H,4-5,10-11H2,1H3,(H2,19,20,21)/t12-,15+/m0/s1. The SMILES string of the molecule is Cn1ccnc1[C@@H]1OCCC[C@H]1CNc1nc2ccccc2[nH]1. The average Bonchev–Trinajstić information content (AvgIpc) is 3.18. The van der Waals surface area contributed by atoms with E-state index in [1.54, 1.807) is 0 Å². The van der Waals surface area contributed by atoms with E-state index in [0.717, 1.165) is 48.8 Å². The molecule has 0 unspecified atom stereocenters. The lowest BCUT2D eigenvalue weighted by Crippen LogP contribution is -2.30. The predicted octanol–water partition coefficient (Wildman–Crippen LogP) is 2.88. The fourth-order valence-electron chi connectivity index (χ4n) is 3.25. The van der Waals surface area contributed by atoms with Crippen molar-refractivity contribution in [2.75, 3.05) is 18.5 Å². The smallest absolute Gasteiger partial charge is 0.201 e. The lowest BCUT2D eigenvalue weighted by atomic mass is 9.93. The van der Waals surface area contributed by atoms with E-state index in [-0.39, 0.29) is 6.10 Å². The molecule has 1 saturated heterocycles. The quantitative estimate of drug-likeness (QED) is 0.777. The number of nitrogens with zero attached hydrogens (tertiary/aromatic N) is 3. The first kappa shape index (κ1) is 14.3. The number of aromatic nitrogens is 4. The highest BCUT2D eigenvalue weighted by molar-refractivity contribution is 5.77. The summed E-state index contributed by atoms with van der Waals surface area (Å²) in [5.74, 6) is 2.20. The van der Waals surface area contributed by atoms with Gasteiger partial charge in [-0.2, -0.15) is 0 Å². The lowest BCUT2D eigenvalue weighted by molar-refractivity contribution is -0.0305. The third-order valence-electron chi connectivity index (χ3n) is 4.48. The van der Waals surface area contributed by atoms with Crippen molar-refractivity contribution < 1.29 is 4.74 Å². The first-order chi connectivity index (χ1) is 11.3. The molecule has 1 aliphatic heterocycles. The number of aryl methyl sites for hydroxylation is 1. The Kier molecular flexibility index (Phi) is 3.75. The van der Waals surface area contributed by atoms with Crippen molar-refractivity contribution in [3.8, 4) is 0 Å². The van der Waals surface area contributed by atoms with Crippen LogP contribution in [0.2, 0.25) is 0 Å². The van der Waals surface area contributed by atoms with Gasteiger partial charge >= 0.3 is 0 Å². The maximum absolute atomic E-state index is 6.01. The average molecular weight is 311 g/mol. The summed E-state index contributed by atoms with van der Waals surface area (Å²) in [7, 11) is 2.02. The first-order valence-corrected chi connectivity index (χ1v) is 8.09. The summed E-state index contributed by atoms with van der Waals surface area (Å²) in [5.41, 5.74) is 2.03. The van der Waals surface area contributed by atoms with Crippen LogP contribution in [0, 0.1) is 5.92 Å². The van der Waals surface area contributed by atoms with Crippen LogP contribution in [-0.2, 0) is 11.8 Å². The summed E-state index contributed by atoms with van der Waals surface area (Å²) in [4.78, 5) is 12.4. The number of para-hydroxylation sites is 2. The van der Waals surface area contributed by atoms with Gasteiger partial charge in [0.15, 0.2) is 0 Å². The first-order valence-electron chi connectivity index (χ1n) is 8.09. The van der Waals surface area contributed by atoms with Crippen molar-refractivity contribution in [2.24, 2.45) is 13.0 Å². The molecule has 6 nitrogen and oxygen atoms in total. The zero-order valence-electron chi connectivity index (χ0n) is 13.2. The number of fused-ring (bicyclic) bond motifs is 1. The van der Waals surface area contributed by atoms with E-state index in [1.165, 1.54) is 0 Å². The Labute approximate surface area is 134 Å². The van der Waals surface area contributed by atoms with Gasteiger partial charge in [0.25, 0.3) is 0 Å². The molecule has 2 atom stereocenters. The number of imidazole rings is 2. The number of nitrogens with one attached hydrogen (secondary N) is 2. The molecule has 6 heteroatoms. The van der Waals surface area contributed by atoms with Crippen LogP contribution in [-0.4, -0.2) is 32.7 Å². The van der Waals surface area contributed by atoms with Crippen molar-refractivity contribution in [3.63, 3.8) is 0 Å². The topological polar surface area (TPSA) is 67.8 Å². The summed E-state index contributed by atoms with van der Waals surface area (Å²) >= 11 is 0. The van der Waals surface area contributed by atoms with E-state index < -0.39 is 0 Å². The molecule has 23 heavy (non-hydrogen) atoms. The highest BCUT2D eigenvalue weighted by Gasteiger charge is 2.30. The van der Waals surface area contributed by atoms with E-state index in [0.29, 0.717) is 5.92 Å². The third-order valence-corrected chi connectivity index (χ3v) is 4.48. The highest BCUT2D eigenvalue weighted by atomic mass is 16.5. The lowest BCUT2D eigenvalue weighted by Gasteiger charge is -2.31. The maximum Gasteiger partial charge on any atom is 0.201 e. The van der Waals surface area contributed by atoms with Crippen LogP contribution < -0.4 is 5.32 Å². The summed E-state index contributed by atoms with van der Waals surface area (Å²) in [5, 5.41) is 3.43. The van der Waals surface area contributed by atoms with Crippen molar-refractivity contribution in [3.05, 3.63) is 42.5 Å². The molecule has 1 aromatic carbocycles. The Morgan fingerprint density at radius 3 is 3.13 bits per heavy atom. The van der Waals surface area contributed by atoms with Crippen LogP contribution in [0.1, 0.15) is 24.8 Å². The van der Waals surface area contributed by atoms with Gasteiger partial charge in [-0.25, -0.2) is 9.97 Å². The van der Waals surface area contributed by atoms with Gasteiger partial charge in [0, 0.05) is 38.5 Å². The number of ether oxygens (including phenoxy) is 1. The number of aromatic amines is 1. The number of hydrogen-bond acceptors (Lipinski definition) is 4. The molecule has 0 aliphatic carbocycles. The second kappa shape index (κ2) is 6.04. The van der Waals surface area contributed by atoms with Gasteiger partial charge in [0.05, 0.1) is 11.0 Å². The minimum atomic E-state index is 0.0422. The normalized spacial score (nSPS) is 21.6. The Bertz CT molecular complexity index is 760. The molecule has 120 valence electrons. The number of H-pyrrole nitrogens is 1. The van der Waals surface area contributed by atoms with Crippen LogP contribution in [0.15, 0.2) is 36.7 Å². The molecule has 0 amide bonds. The molecule has 3 heterocycles. The van der Waals surface area contributed by atoms with E-state index in [2.05, 4.69) is 20.3 Å². The Morgan fingerprint density at radius 1 is 1.39 bits per heavy atom. The molecule has 2 aromatic heterocycles. The van der Waals surface area contributed by atoms with E-state index >= 15 is 0 Å². The third kappa shape index (κ3) is 2.82. The van der Waals surface area contributed by atoms with E-state index in [1.807, 2.05) is 48.3 Å². The number of rotatable bonds is 4. The molecular formula is C17H21N5O. The zero-order valence-corrected chi connectivity index (χ0v) is 13.2. The van der Waals surface area contributed by atoms with Crippen LogP contribution in [0.4, 0.5) is 5.95 Å². The van der Waals surface area contributed by atoms with Crippen LogP contribution in [0.5, 0.6) is 0 Å². The van der Waals surface area contributed by atoms with Gasteiger partial charge in [-0.3, -0.25) is 0 Å². The Hall–Kier alpha value is -2.34. The van der Waals surface area contributed by atoms with Gasteiger partial charge in [0.2, 0.25) is 5.95 Å². The molecular weight excluding hydrogens is 290 g/mol. The summed E-state index contributed by atoms with van der Waals surface area (Å²) in [6.45, 7) is 1.62. The molecule has 0 radical (unpaired) electrons. The fourth-order valence-corrected chi connectivity index (χ4v) is 3.25. The Balaban J connectivity index is 1.49. The molecule has 0 spiro atoms. The summed E-state index contributed by atoms with van der Waals surface area (Å²) in [6, 6.07) is 8.06. The molecule has 3 aromatic rings. The summed E-state index contributed by atoms with van der Waals surface area (Å²) < 4.78 is 8.06. The van der Waals surface area contributed by atoms with Crippen molar-refractivity contribution in [1.29, 1.82) is 0 Å². The second-order valence-electron chi connectivity index (χ2n) is 6.07. The minimum Gasteiger partial charge on any atom is -0.370 e. The van der Waals surface area contributed by atoms with E-state index in [4.69, 9.17) is 4.74 Å². The minimum absolute atomic E-state index is 0.0422. The summed E-state index contributed by atoms with van der Waals surface area (Å²) in [6.07, 6.45) is 6.06. The molecule has 1 fully saturated rings. The van der Waals surface area contributed by atoms with Gasteiger partial charge in [-0.05, 0) is 25.0 Å².